The number of fused-ring (bicyclic) bond motifs is 1. The van der Waals surface area contributed by atoms with Gasteiger partial charge in [0.1, 0.15) is 5.76 Å². The van der Waals surface area contributed by atoms with E-state index in [1.54, 1.807) is 17.6 Å². The highest BCUT2D eigenvalue weighted by Gasteiger charge is 2.13. The Hall–Kier alpha value is -1.65. The van der Waals surface area contributed by atoms with E-state index >= 15 is 0 Å². The topological polar surface area (TPSA) is 38.1 Å². The molecule has 98 valence electrons. The highest BCUT2D eigenvalue weighted by Crippen LogP contribution is 2.24. The van der Waals surface area contributed by atoms with Crippen molar-refractivity contribution in [3.63, 3.8) is 0 Å². The van der Waals surface area contributed by atoms with Gasteiger partial charge in [-0.15, -0.1) is 11.3 Å². The number of nitrogens with one attached hydrogen (secondary N) is 1. The number of hydrogen-bond acceptors (Lipinski definition) is 4. The summed E-state index contributed by atoms with van der Waals surface area (Å²) in [6.45, 7) is 4.25. The lowest BCUT2D eigenvalue weighted by Gasteiger charge is -2.18. The van der Waals surface area contributed by atoms with Gasteiger partial charge in [0.15, 0.2) is 0 Å². The summed E-state index contributed by atoms with van der Waals surface area (Å²) in [5.41, 5.74) is 2.27. The largest absolute Gasteiger partial charge is 0.468 e. The summed E-state index contributed by atoms with van der Waals surface area (Å²) in [6, 6.07) is 8.58. The maximum absolute atomic E-state index is 5.41. The van der Waals surface area contributed by atoms with Gasteiger partial charge in [-0.1, -0.05) is 0 Å². The van der Waals surface area contributed by atoms with Crippen LogP contribution in [0.1, 0.15) is 37.3 Å². The van der Waals surface area contributed by atoms with Gasteiger partial charge in [0.05, 0.1) is 22.5 Å². The predicted octanol–water partition coefficient (Wildman–Crippen LogP) is 4.30. The van der Waals surface area contributed by atoms with E-state index in [1.165, 1.54) is 10.3 Å². The van der Waals surface area contributed by atoms with Crippen LogP contribution in [0.5, 0.6) is 0 Å². The van der Waals surface area contributed by atoms with Crippen molar-refractivity contribution in [1.82, 2.24) is 10.3 Å². The van der Waals surface area contributed by atoms with Crippen molar-refractivity contribution in [2.45, 2.75) is 25.9 Å². The van der Waals surface area contributed by atoms with Crippen LogP contribution in [0.15, 0.2) is 46.5 Å². The van der Waals surface area contributed by atoms with E-state index in [2.05, 4.69) is 35.6 Å². The number of pyridine rings is 1. The zero-order chi connectivity index (χ0) is 13.2. The molecule has 0 radical (unpaired) electrons. The van der Waals surface area contributed by atoms with Crippen molar-refractivity contribution < 1.29 is 4.42 Å². The number of furan rings is 1. The van der Waals surface area contributed by atoms with Gasteiger partial charge in [0.25, 0.3) is 0 Å². The molecule has 3 aromatic heterocycles. The molecule has 3 rings (SSSR count). The Morgan fingerprint density at radius 1 is 1.26 bits per heavy atom. The Morgan fingerprint density at radius 2 is 2.16 bits per heavy atom. The lowest BCUT2D eigenvalue weighted by Crippen LogP contribution is -2.22. The maximum Gasteiger partial charge on any atom is 0.120 e. The van der Waals surface area contributed by atoms with Crippen LogP contribution in [0.4, 0.5) is 0 Å². The van der Waals surface area contributed by atoms with Gasteiger partial charge in [-0.25, -0.2) is 0 Å². The zero-order valence-electron chi connectivity index (χ0n) is 11.0. The summed E-state index contributed by atoms with van der Waals surface area (Å²) in [5, 5.41) is 5.60. The fourth-order valence-electron chi connectivity index (χ4n) is 2.19. The Balaban J connectivity index is 1.77. The van der Waals surface area contributed by atoms with Crippen LogP contribution in [0.2, 0.25) is 0 Å². The molecule has 2 atom stereocenters. The van der Waals surface area contributed by atoms with Crippen LogP contribution < -0.4 is 5.32 Å². The molecule has 0 fully saturated rings. The predicted molar refractivity (Wildman–Crippen MR) is 78.3 cm³/mol. The van der Waals surface area contributed by atoms with Crippen molar-refractivity contribution in [2.75, 3.05) is 0 Å². The van der Waals surface area contributed by atoms with Gasteiger partial charge < -0.3 is 9.73 Å². The average molecular weight is 272 g/mol. The minimum Gasteiger partial charge on any atom is -0.468 e. The van der Waals surface area contributed by atoms with Crippen LogP contribution in [-0.2, 0) is 0 Å². The monoisotopic (exact) mass is 272 g/mol. The third kappa shape index (κ3) is 2.55. The number of rotatable bonds is 4. The summed E-state index contributed by atoms with van der Waals surface area (Å²) < 4.78 is 6.65. The fourth-order valence-corrected chi connectivity index (χ4v) is 2.98. The minimum absolute atomic E-state index is 0.184. The molecule has 0 aromatic carbocycles. The van der Waals surface area contributed by atoms with E-state index in [0.29, 0.717) is 0 Å². The normalized spacial score (nSPS) is 14.6. The first-order valence-electron chi connectivity index (χ1n) is 6.36. The smallest absolute Gasteiger partial charge is 0.120 e. The third-order valence-corrected chi connectivity index (χ3v) is 4.15. The van der Waals surface area contributed by atoms with Crippen molar-refractivity contribution in [2.24, 2.45) is 0 Å². The van der Waals surface area contributed by atoms with E-state index in [0.717, 1.165) is 11.3 Å². The first-order valence-corrected chi connectivity index (χ1v) is 7.24. The quantitative estimate of drug-likeness (QED) is 0.769. The third-order valence-electron chi connectivity index (χ3n) is 3.29. The second-order valence-electron chi connectivity index (χ2n) is 4.70. The van der Waals surface area contributed by atoms with Gasteiger partial charge in [0, 0.05) is 12.2 Å². The standard InChI is InChI=1S/C15H16N2OS/c1-10(17-11(2)14-4-3-6-18-14)12-8-15-13(16-9-12)5-7-19-15/h3-11,17H,1-2H3/t10?,11-/m1/s1. The highest BCUT2D eigenvalue weighted by molar-refractivity contribution is 7.17. The molecular weight excluding hydrogens is 256 g/mol. The van der Waals surface area contributed by atoms with Crippen LogP contribution in [0, 0.1) is 0 Å². The number of hydrogen-bond donors (Lipinski definition) is 1. The summed E-state index contributed by atoms with van der Waals surface area (Å²) in [4.78, 5) is 4.48. The maximum atomic E-state index is 5.41. The lowest BCUT2D eigenvalue weighted by atomic mass is 10.1. The molecule has 3 aromatic rings. The molecule has 0 amide bonds. The molecule has 0 bridgehead atoms. The minimum atomic E-state index is 0.184. The number of nitrogens with zero attached hydrogens (tertiary/aromatic N) is 1. The van der Waals surface area contributed by atoms with Crippen molar-refractivity contribution in [1.29, 1.82) is 0 Å². The molecule has 1 unspecified atom stereocenters. The van der Waals surface area contributed by atoms with Crippen molar-refractivity contribution in [3.05, 3.63) is 53.4 Å². The van der Waals surface area contributed by atoms with Gasteiger partial charge in [-0.2, -0.15) is 0 Å². The van der Waals surface area contributed by atoms with Crippen LogP contribution in [-0.4, -0.2) is 4.98 Å². The molecule has 0 saturated carbocycles. The number of thiophene rings is 1. The Morgan fingerprint density at radius 3 is 2.95 bits per heavy atom. The molecule has 0 aliphatic heterocycles. The molecule has 0 saturated heterocycles. The molecule has 4 heteroatoms. The van der Waals surface area contributed by atoms with Crippen LogP contribution >= 0.6 is 11.3 Å². The fraction of sp³-hybridized carbons (Fsp3) is 0.267. The summed E-state index contributed by atoms with van der Waals surface area (Å²) in [7, 11) is 0. The SMILES string of the molecule is CC(N[C@H](C)c1ccco1)c1cnc2ccsc2c1. The Kier molecular flexibility index (Phi) is 3.36. The van der Waals surface area contributed by atoms with E-state index < -0.39 is 0 Å². The molecule has 3 nitrogen and oxygen atoms in total. The van der Waals surface area contributed by atoms with Crippen LogP contribution in [0.25, 0.3) is 10.2 Å². The van der Waals surface area contributed by atoms with Crippen molar-refractivity contribution in [3.8, 4) is 0 Å². The lowest BCUT2D eigenvalue weighted by molar-refractivity contribution is 0.403. The molecular formula is C15H16N2OS. The molecule has 1 N–H and O–H groups in total. The van der Waals surface area contributed by atoms with Crippen molar-refractivity contribution >= 4 is 21.6 Å². The first-order chi connectivity index (χ1) is 9.24. The average Bonchev–Trinajstić information content (AvgIpc) is 3.09. The second-order valence-corrected chi connectivity index (χ2v) is 5.65. The number of aromatic nitrogens is 1. The highest BCUT2D eigenvalue weighted by atomic mass is 32.1. The van der Waals surface area contributed by atoms with Gasteiger partial charge in [-0.3, -0.25) is 4.98 Å². The van der Waals surface area contributed by atoms with Crippen LogP contribution in [0.3, 0.4) is 0 Å². The zero-order valence-corrected chi connectivity index (χ0v) is 11.8. The van der Waals surface area contributed by atoms with E-state index in [9.17, 15) is 0 Å². The first kappa shape index (κ1) is 12.4. The molecule has 0 spiro atoms. The van der Waals surface area contributed by atoms with E-state index in [4.69, 9.17) is 4.42 Å². The van der Waals surface area contributed by atoms with Gasteiger partial charge in [0.2, 0.25) is 0 Å². The Labute approximate surface area is 116 Å². The van der Waals surface area contributed by atoms with E-state index in [-0.39, 0.29) is 12.1 Å². The Bertz CT molecular complexity index is 660. The molecule has 19 heavy (non-hydrogen) atoms. The summed E-state index contributed by atoms with van der Waals surface area (Å²) in [6.07, 6.45) is 3.65. The summed E-state index contributed by atoms with van der Waals surface area (Å²) in [5.74, 6) is 0.956. The molecule has 0 aliphatic carbocycles. The van der Waals surface area contributed by atoms with Gasteiger partial charge in [-0.05, 0) is 49.1 Å². The second kappa shape index (κ2) is 5.15. The van der Waals surface area contributed by atoms with Gasteiger partial charge >= 0.3 is 0 Å². The molecule has 3 heterocycles. The molecule has 0 aliphatic rings. The van der Waals surface area contributed by atoms with E-state index in [1.807, 2.05) is 24.4 Å². The summed E-state index contributed by atoms with van der Waals surface area (Å²) >= 11 is 1.73.